The molecule has 1 atom stereocenters. The number of amides is 2. The van der Waals surface area contributed by atoms with Gasteiger partial charge in [-0.25, -0.2) is 0 Å². The van der Waals surface area contributed by atoms with Crippen LogP contribution in [0.2, 0.25) is 5.02 Å². The molecule has 0 saturated carbocycles. The lowest BCUT2D eigenvalue weighted by molar-refractivity contribution is -0.380. The molecule has 9 nitrogen and oxygen atoms in total. The number of anilines is 1. The molecule has 2 aromatic carbocycles. The van der Waals surface area contributed by atoms with Gasteiger partial charge in [0.2, 0.25) is 12.1 Å². The van der Waals surface area contributed by atoms with Gasteiger partial charge in [-0.2, -0.15) is 5.01 Å². The lowest BCUT2D eigenvalue weighted by Gasteiger charge is -2.19. The third-order valence-corrected chi connectivity index (χ3v) is 5.88. The van der Waals surface area contributed by atoms with Gasteiger partial charge < -0.3 is 10.1 Å². The van der Waals surface area contributed by atoms with Crippen LogP contribution in [0.3, 0.4) is 0 Å². The summed E-state index contributed by atoms with van der Waals surface area (Å²) in [5, 5.41) is 19.3. The summed E-state index contributed by atoms with van der Waals surface area (Å²) in [6, 6.07) is 16.3. The van der Waals surface area contributed by atoms with Crippen LogP contribution in [0.25, 0.3) is 0 Å². The highest BCUT2D eigenvalue weighted by atomic mass is 35.5. The minimum absolute atomic E-state index is 0.0530. The van der Waals surface area contributed by atoms with Crippen LogP contribution < -0.4 is 5.32 Å². The third-order valence-electron chi connectivity index (χ3n) is 4.52. The Morgan fingerprint density at radius 1 is 1.16 bits per heavy atom. The third kappa shape index (κ3) is 4.32. The fraction of sp³-hybridized carbons (Fsp3) is 0.0952. The van der Waals surface area contributed by atoms with Crippen LogP contribution in [0.5, 0.6) is 0 Å². The number of thiophene rings is 1. The highest BCUT2D eigenvalue weighted by Crippen LogP contribution is 2.34. The van der Waals surface area contributed by atoms with E-state index in [0.29, 0.717) is 26.7 Å². The topological polar surface area (TPSA) is 114 Å². The highest BCUT2D eigenvalue weighted by Gasteiger charge is 2.34. The molecule has 1 aliphatic rings. The highest BCUT2D eigenvalue weighted by molar-refractivity contribution is 7.17. The molecule has 0 spiro atoms. The first-order chi connectivity index (χ1) is 15.3. The van der Waals surface area contributed by atoms with Gasteiger partial charge in [0.05, 0.1) is 20.4 Å². The minimum atomic E-state index is -0.836. The standard InChI is InChI=1S/C21H15ClN4O5S/c1-12(27)25-21(31-20(24-25)17-10-11-18(32-17)26(29)30)13-6-8-14(9-7-13)23-19(28)15-4-2-3-5-16(15)22/h2-11,21H,1H3,(H,23,28)/t21-/m1/s1. The number of carbonyl (C=O) groups excluding carboxylic acids is 2. The molecular formula is C21H15ClN4O5S. The summed E-state index contributed by atoms with van der Waals surface area (Å²) < 4.78 is 5.84. The molecule has 0 saturated heterocycles. The van der Waals surface area contributed by atoms with Crippen LogP contribution in [-0.4, -0.2) is 27.6 Å². The van der Waals surface area contributed by atoms with Gasteiger partial charge in [0.1, 0.15) is 0 Å². The van der Waals surface area contributed by atoms with E-state index < -0.39 is 11.2 Å². The van der Waals surface area contributed by atoms with Gasteiger partial charge in [-0.15, -0.1) is 5.10 Å². The van der Waals surface area contributed by atoms with Gasteiger partial charge in [-0.05, 0) is 30.3 Å². The largest absolute Gasteiger partial charge is 0.445 e. The Labute approximate surface area is 191 Å². The van der Waals surface area contributed by atoms with Crippen LogP contribution in [-0.2, 0) is 9.53 Å². The van der Waals surface area contributed by atoms with Crippen molar-refractivity contribution in [2.75, 3.05) is 5.32 Å². The van der Waals surface area contributed by atoms with Crippen molar-refractivity contribution in [2.45, 2.75) is 13.2 Å². The van der Waals surface area contributed by atoms with Gasteiger partial charge in [0.25, 0.3) is 11.8 Å². The van der Waals surface area contributed by atoms with E-state index in [4.69, 9.17) is 16.3 Å². The Morgan fingerprint density at radius 2 is 1.88 bits per heavy atom. The lowest BCUT2D eigenvalue weighted by Crippen LogP contribution is -2.25. The van der Waals surface area contributed by atoms with E-state index in [-0.39, 0.29) is 22.7 Å². The summed E-state index contributed by atoms with van der Waals surface area (Å²) in [5.74, 6) is -0.581. The number of hydrogen-bond acceptors (Lipinski definition) is 7. The predicted octanol–water partition coefficient (Wildman–Crippen LogP) is 4.80. The van der Waals surface area contributed by atoms with Crippen molar-refractivity contribution >= 4 is 51.3 Å². The quantitative estimate of drug-likeness (QED) is 0.425. The summed E-state index contributed by atoms with van der Waals surface area (Å²) >= 11 is 6.97. The Bertz CT molecular complexity index is 1240. The van der Waals surface area contributed by atoms with Gasteiger partial charge in [-0.1, -0.05) is 47.2 Å². The first kappa shape index (κ1) is 21.5. The maximum Gasteiger partial charge on any atom is 0.324 e. The van der Waals surface area contributed by atoms with E-state index in [1.54, 1.807) is 48.5 Å². The average Bonchev–Trinajstić information content (AvgIpc) is 3.42. The van der Waals surface area contributed by atoms with E-state index in [9.17, 15) is 19.7 Å². The van der Waals surface area contributed by atoms with Gasteiger partial charge in [-0.3, -0.25) is 19.7 Å². The van der Waals surface area contributed by atoms with Crippen molar-refractivity contribution < 1.29 is 19.2 Å². The first-order valence-electron chi connectivity index (χ1n) is 9.29. The second kappa shape index (κ2) is 8.77. The Kier molecular flexibility index (Phi) is 5.89. The Balaban J connectivity index is 1.51. The monoisotopic (exact) mass is 470 g/mol. The summed E-state index contributed by atoms with van der Waals surface area (Å²) in [4.78, 5) is 35.4. The fourth-order valence-electron chi connectivity index (χ4n) is 3.00. The number of nitrogens with zero attached hydrogens (tertiary/aromatic N) is 3. The zero-order chi connectivity index (χ0) is 22.8. The van der Waals surface area contributed by atoms with E-state index in [0.717, 1.165) is 16.3 Å². The molecule has 1 N–H and O–H groups in total. The summed E-state index contributed by atoms with van der Waals surface area (Å²) in [6.45, 7) is 1.35. The number of nitrogens with one attached hydrogen (secondary N) is 1. The summed E-state index contributed by atoms with van der Waals surface area (Å²) in [6.07, 6.45) is -0.836. The fourth-order valence-corrected chi connectivity index (χ4v) is 3.97. The van der Waals surface area contributed by atoms with Crippen molar-refractivity contribution in [1.29, 1.82) is 0 Å². The number of halogens is 1. The molecule has 32 heavy (non-hydrogen) atoms. The second-order valence-corrected chi connectivity index (χ2v) is 8.16. The molecule has 2 heterocycles. The molecule has 0 radical (unpaired) electrons. The van der Waals surface area contributed by atoms with E-state index in [1.165, 1.54) is 19.1 Å². The summed E-state index contributed by atoms with van der Waals surface area (Å²) in [7, 11) is 0. The minimum Gasteiger partial charge on any atom is -0.445 e. The van der Waals surface area contributed by atoms with Gasteiger partial charge in [0.15, 0.2) is 0 Å². The number of hydrazone groups is 1. The normalized spacial score (nSPS) is 15.1. The average molecular weight is 471 g/mol. The van der Waals surface area contributed by atoms with Crippen LogP contribution in [0.4, 0.5) is 10.7 Å². The van der Waals surface area contributed by atoms with Gasteiger partial charge in [0, 0.05) is 24.2 Å². The molecule has 3 aromatic rings. The van der Waals surface area contributed by atoms with Crippen molar-refractivity contribution in [3.05, 3.63) is 91.8 Å². The number of carbonyl (C=O) groups is 2. The van der Waals surface area contributed by atoms with Crippen LogP contribution in [0.1, 0.15) is 34.0 Å². The maximum absolute atomic E-state index is 12.4. The Morgan fingerprint density at radius 3 is 2.50 bits per heavy atom. The molecule has 162 valence electrons. The van der Waals surface area contributed by atoms with Crippen LogP contribution >= 0.6 is 22.9 Å². The molecule has 0 aliphatic carbocycles. The molecule has 4 rings (SSSR count). The molecule has 11 heteroatoms. The number of hydrogen-bond donors (Lipinski definition) is 1. The smallest absolute Gasteiger partial charge is 0.324 e. The molecular weight excluding hydrogens is 456 g/mol. The maximum atomic E-state index is 12.4. The van der Waals surface area contributed by atoms with E-state index in [2.05, 4.69) is 10.4 Å². The first-order valence-corrected chi connectivity index (χ1v) is 10.5. The van der Waals surface area contributed by atoms with Crippen molar-refractivity contribution in [1.82, 2.24) is 5.01 Å². The zero-order valence-corrected chi connectivity index (χ0v) is 18.1. The predicted molar refractivity (Wildman–Crippen MR) is 120 cm³/mol. The molecule has 1 aliphatic heterocycles. The van der Waals surface area contributed by atoms with E-state index in [1.807, 2.05) is 0 Å². The second-order valence-electron chi connectivity index (χ2n) is 6.69. The number of benzene rings is 2. The molecule has 2 amide bonds. The number of nitro groups is 1. The van der Waals surface area contributed by atoms with Crippen molar-refractivity contribution in [3.8, 4) is 0 Å². The van der Waals surface area contributed by atoms with Crippen molar-refractivity contribution in [3.63, 3.8) is 0 Å². The number of ether oxygens (including phenoxy) is 1. The van der Waals surface area contributed by atoms with Crippen molar-refractivity contribution in [2.24, 2.45) is 5.10 Å². The lowest BCUT2D eigenvalue weighted by atomic mass is 10.1. The molecule has 0 unspecified atom stereocenters. The van der Waals surface area contributed by atoms with E-state index >= 15 is 0 Å². The number of rotatable bonds is 5. The van der Waals surface area contributed by atoms with Crippen LogP contribution in [0, 0.1) is 10.1 Å². The molecule has 0 bridgehead atoms. The Hall–Kier alpha value is -3.76. The molecule has 0 fully saturated rings. The SMILES string of the molecule is CC(=O)N1N=C(c2ccc([N+](=O)[O-])s2)O[C@@H]1c1ccc(NC(=O)c2ccccc2Cl)cc1. The zero-order valence-electron chi connectivity index (χ0n) is 16.5. The van der Waals surface area contributed by atoms with Gasteiger partial charge >= 0.3 is 5.00 Å². The van der Waals surface area contributed by atoms with Crippen LogP contribution in [0.15, 0.2) is 65.8 Å². The molecule has 1 aromatic heterocycles. The summed E-state index contributed by atoms with van der Waals surface area (Å²) in [5.41, 5.74) is 1.49.